The van der Waals surface area contributed by atoms with Crippen molar-refractivity contribution in [2.75, 3.05) is 12.0 Å². The lowest BCUT2D eigenvalue weighted by molar-refractivity contribution is -0.384. The topological polar surface area (TPSA) is 98.3 Å². The van der Waals surface area contributed by atoms with Crippen molar-refractivity contribution in [3.05, 3.63) is 33.6 Å². The van der Waals surface area contributed by atoms with Gasteiger partial charge in [-0.05, 0) is 31.6 Å². The highest BCUT2D eigenvalue weighted by molar-refractivity contribution is 7.99. The molecule has 2 atom stereocenters. The summed E-state index contributed by atoms with van der Waals surface area (Å²) in [6.07, 6.45) is 4.61. The lowest BCUT2D eigenvalue weighted by Gasteiger charge is -2.14. The van der Waals surface area contributed by atoms with Crippen molar-refractivity contribution in [1.29, 1.82) is 0 Å². The number of anilines is 1. The Labute approximate surface area is 125 Å². The van der Waals surface area contributed by atoms with E-state index in [2.05, 4.69) is 5.32 Å². The van der Waals surface area contributed by atoms with Crippen molar-refractivity contribution >= 4 is 29.0 Å². The van der Waals surface area contributed by atoms with Crippen LogP contribution in [0, 0.1) is 15.9 Å². The van der Waals surface area contributed by atoms with Crippen LogP contribution < -0.4 is 11.1 Å². The number of nitro benzene ring substituents is 1. The van der Waals surface area contributed by atoms with Crippen LogP contribution in [-0.4, -0.2) is 28.4 Å². The second kappa shape index (κ2) is 6.30. The summed E-state index contributed by atoms with van der Waals surface area (Å²) in [7, 11) is 0. The third kappa shape index (κ3) is 3.26. The fraction of sp³-hybridized carbons (Fsp3) is 0.462. The van der Waals surface area contributed by atoms with Crippen LogP contribution in [0.1, 0.15) is 29.6 Å². The largest absolute Gasteiger partial charge is 0.392 e. The molecule has 2 rings (SSSR count). The molecule has 2 unspecified atom stereocenters. The quantitative estimate of drug-likeness (QED) is 0.505. The van der Waals surface area contributed by atoms with Crippen LogP contribution in [-0.2, 0) is 0 Å². The highest BCUT2D eigenvalue weighted by Crippen LogP contribution is 2.30. The van der Waals surface area contributed by atoms with Crippen LogP contribution in [0.2, 0.25) is 0 Å². The van der Waals surface area contributed by atoms with Gasteiger partial charge in [0.1, 0.15) is 17.1 Å². The summed E-state index contributed by atoms with van der Waals surface area (Å²) in [5.41, 5.74) is 4.22. The van der Waals surface area contributed by atoms with E-state index in [1.165, 1.54) is 0 Å². The Morgan fingerprint density at radius 1 is 1.52 bits per heavy atom. The summed E-state index contributed by atoms with van der Waals surface area (Å²) in [4.78, 5) is 22.2. The minimum absolute atomic E-state index is 0.0481. The molecule has 0 spiro atoms. The minimum Gasteiger partial charge on any atom is -0.392 e. The van der Waals surface area contributed by atoms with Crippen LogP contribution in [0.15, 0.2) is 12.1 Å². The summed E-state index contributed by atoms with van der Waals surface area (Å²) in [5.74, 6) is -1.55. The van der Waals surface area contributed by atoms with E-state index in [4.69, 9.17) is 5.73 Å². The fourth-order valence-electron chi connectivity index (χ4n) is 2.51. The molecule has 0 aromatic heterocycles. The predicted octanol–water partition coefficient (Wildman–Crippen LogP) is 2.33. The van der Waals surface area contributed by atoms with Gasteiger partial charge in [-0.25, -0.2) is 4.39 Å². The van der Waals surface area contributed by atoms with Gasteiger partial charge in [0.2, 0.25) is 0 Å². The van der Waals surface area contributed by atoms with E-state index in [9.17, 15) is 19.3 Å². The summed E-state index contributed by atoms with van der Waals surface area (Å²) in [5, 5.41) is 14.0. The van der Waals surface area contributed by atoms with E-state index in [1.54, 1.807) is 11.8 Å². The first-order chi connectivity index (χ1) is 9.93. The van der Waals surface area contributed by atoms with Gasteiger partial charge in [0.05, 0.1) is 4.92 Å². The van der Waals surface area contributed by atoms with Gasteiger partial charge in [0.25, 0.3) is 11.6 Å². The molecule has 1 amide bonds. The maximum atomic E-state index is 13.8. The molecule has 1 aliphatic rings. The zero-order chi connectivity index (χ0) is 15.6. The van der Waals surface area contributed by atoms with Crippen molar-refractivity contribution in [3.8, 4) is 0 Å². The van der Waals surface area contributed by atoms with Crippen LogP contribution >= 0.6 is 11.8 Å². The average molecular weight is 313 g/mol. The first kappa shape index (κ1) is 15.6. The predicted molar refractivity (Wildman–Crippen MR) is 79.9 cm³/mol. The highest BCUT2D eigenvalue weighted by Gasteiger charge is 2.29. The lowest BCUT2D eigenvalue weighted by Crippen LogP contribution is -2.34. The minimum atomic E-state index is -0.852. The molecule has 0 radical (unpaired) electrons. The zero-order valence-electron chi connectivity index (χ0n) is 11.5. The van der Waals surface area contributed by atoms with Gasteiger partial charge in [-0.1, -0.05) is 0 Å². The molecule has 21 heavy (non-hydrogen) atoms. The van der Waals surface area contributed by atoms with Crippen LogP contribution in [0.25, 0.3) is 0 Å². The van der Waals surface area contributed by atoms with Crippen LogP contribution in [0.3, 0.4) is 0 Å². The Bertz CT molecular complexity index is 582. The molecule has 0 saturated heterocycles. The second-order valence-electron chi connectivity index (χ2n) is 4.95. The number of hydrogen-bond donors (Lipinski definition) is 2. The molecule has 3 N–H and O–H groups in total. The van der Waals surface area contributed by atoms with E-state index in [0.29, 0.717) is 5.25 Å². The molecule has 6 nitrogen and oxygen atoms in total. The Hall–Kier alpha value is -1.83. The van der Waals surface area contributed by atoms with Crippen molar-refractivity contribution in [3.63, 3.8) is 0 Å². The summed E-state index contributed by atoms with van der Waals surface area (Å²) < 4.78 is 13.8. The number of thioether (sulfide) groups is 1. The molecule has 0 heterocycles. The lowest BCUT2D eigenvalue weighted by atomic mass is 10.1. The molecule has 0 aliphatic heterocycles. The number of nitrogen functional groups attached to an aromatic ring is 1. The van der Waals surface area contributed by atoms with E-state index in [1.807, 2.05) is 6.26 Å². The van der Waals surface area contributed by atoms with Crippen LogP contribution in [0.4, 0.5) is 15.8 Å². The smallest absolute Gasteiger partial charge is 0.293 e. The molecular formula is C13H16FN3O3S. The number of hydrogen-bond acceptors (Lipinski definition) is 5. The first-order valence-corrected chi connectivity index (χ1v) is 7.78. The number of nitrogens with two attached hydrogens (primary N) is 1. The van der Waals surface area contributed by atoms with Crippen molar-refractivity contribution in [2.24, 2.45) is 0 Å². The number of nitro groups is 1. The van der Waals surface area contributed by atoms with Crippen molar-refractivity contribution in [2.45, 2.75) is 30.6 Å². The summed E-state index contributed by atoms with van der Waals surface area (Å²) in [6, 6.07) is 1.80. The van der Waals surface area contributed by atoms with E-state index >= 15 is 0 Å². The van der Waals surface area contributed by atoms with E-state index in [0.717, 1.165) is 31.4 Å². The zero-order valence-corrected chi connectivity index (χ0v) is 12.3. The third-order valence-electron chi connectivity index (χ3n) is 3.65. The molecule has 1 fully saturated rings. The molecule has 1 aliphatic carbocycles. The Morgan fingerprint density at radius 2 is 2.24 bits per heavy atom. The van der Waals surface area contributed by atoms with Gasteiger partial charge in [-0.2, -0.15) is 11.8 Å². The monoisotopic (exact) mass is 313 g/mol. The molecule has 0 bridgehead atoms. The van der Waals surface area contributed by atoms with E-state index in [-0.39, 0.29) is 6.04 Å². The molecule has 114 valence electrons. The average Bonchev–Trinajstić information content (AvgIpc) is 2.85. The van der Waals surface area contributed by atoms with E-state index < -0.39 is 33.6 Å². The van der Waals surface area contributed by atoms with Crippen molar-refractivity contribution < 1.29 is 14.1 Å². The number of carbonyl (C=O) groups excluding carboxylic acids is 1. The maximum absolute atomic E-state index is 13.8. The standard InChI is InChI=1S/C13H16FN3O3S/c1-21-8-3-2-7(6-8)16-13(18)11-9(14)4-5-10(12(11)15)17(19)20/h4-5,7-8H,2-3,6,15H2,1H3,(H,16,18). The molecular weight excluding hydrogens is 297 g/mol. The normalized spacial score (nSPS) is 21.2. The van der Waals surface area contributed by atoms with Crippen LogP contribution in [0.5, 0.6) is 0 Å². The van der Waals surface area contributed by atoms with Gasteiger partial charge in [0.15, 0.2) is 0 Å². The number of nitrogens with zero attached hydrogens (tertiary/aromatic N) is 1. The molecule has 1 aromatic rings. The van der Waals surface area contributed by atoms with Gasteiger partial charge >= 0.3 is 0 Å². The van der Waals surface area contributed by atoms with Gasteiger partial charge in [0, 0.05) is 17.4 Å². The molecule has 8 heteroatoms. The highest BCUT2D eigenvalue weighted by atomic mass is 32.2. The number of benzene rings is 1. The van der Waals surface area contributed by atoms with Gasteiger partial charge in [-0.3, -0.25) is 14.9 Å². The summed E-state index contributed by atoms with van der Waals surface area (Å²) in [6.45, 7) is 0. The number of amides is 1. The fourth-order valence-corrected chi connectivity index (χ4v) is 3.31. The Kier molecular flexibility index (Phi) is 4.66. The van der Waals surface area contributed by atoms with Gasteiger partial charge < -0.3 is 11.1 Å². The Morgan fingerprint density at radius 3 is 2.81 bits per heavy atom. The second-order valence-corrected chi connectivity index (χ2v) is 6.09. The summed E-state index contributed by atoms with van der Waals surface area (Å²) >= 11 is 1.73. The van der Waals surface area contributed by atoms with Gasteiger partial charge in [-0.15, -0.1) is 0 Å². The number of nitrogens with one attached hydrogen (secondary N) is 1. The van der Waals surface area contributed by atoms with Crippen molar-refractivity contribution in [1.82, 2.24) is 5.32 Å². The third-order valence-corrected chi connectivity index (χ3v) is 4.74. The molecule has 1 aromatic carbocycles. The first-order valence-electron chi connectivity index (χ1n) is 6.50. The number of rotatable bonds is 4. The SMILES string of the molecule is CSC1CCC(NC(=O)c2c(F)ccc([N+](=O)[O-])c2N)C1. The molecule has 1 saturated carbocycles. The number of halogens is 1. The Balaban J connectivity index is 2.19. The maximum Gasteiger partial charge on any atom is 0.293 e. The number of carbonyl (C=O) groups is 1.